The lowest BCUT2D eigenvalue weighted by molar-refractivity contribution is -0.128. The second kappa shape index (κ2) is 10.1. The van der Waals surface area contributed by atoms with Crippen molar-refractivity contribution in [2.24, 2.45) is 0 Å². The minimum atomic E-state index is 0.160. The summed E-state index contributed by atoms with van der Waals surface area (Å²) in [4.78, 5) is 21.4. The summed E-state index contributed by atoms with van der Waals surface area (Å²) < 4.78 is 2.15. The quantitative estimate of drug-likeness (QED) is 0.500. The molecule has 30 heavy (non-hydrogen) atoms. The van der Waals surface area contributed by atoms with Gasteiger partial charge >= 0.3 is 0 Å². The molecule has 1 aliphatic carbocycles. The Hall–Kier alpha value is -2.35. The molecule has 1 saturated heterocycles. The van der Waals surface area contributed by atoms with Crippen molar-refractivity contribution in [1.29, 1.82) is 0 Å². The van der Waals surface area contributed by atoms with Gasteiger partial charge in [-0.1, -0.05) is 43.2 Å². The standard InChI is InChI=1S/C22H30N6OS/c1-2-12-28-21(18-8-4-3-5-9-18)24-25-22(28)30-17-20(29)27-15-13-26(14-16-27)19-10-6-7-11-23-19/h2,6-7,10-11,18H,1,3-5,8-9,12-17H2. The van der Waals surface area contributed by atoms with Crippen LogP contribution in [0.1, 0.15) is 43.8 Å². The Bertz CT molecular complexity index is 841. The molecule has 2 aliphatic rings. The minimum Gasteiger partial charge on any atom is -0.353 e. The van der Waals surface area contributed by atoms with Crippen molar-refractivity contribution in [2.45, 2.75) is 49.7 Å². The number of pyridine rings is 1. The van der Waals surface area contributed by atoms with Gasteiger partial charge in [0.05, 0.1) is 5.75 Å². The topological polar surface area (TPSA) is 67.2 Å². The number of piperazine rings is 1. The van der Waals surface area contributed by atoms with Gasteiger partial charge in [-0.25, -0.2) is 4.98 Å². The van der Waals surface area contributed by atoms with Gasteiger partial charge in [0.15, 0.2) is 5.16 Å². The van der Waals surface area contributed by atoms with Crippen LogP contribution in [-0.2, 0) is 11.3 Å². The van der Waals surface area contributed by atoms with Crippen LogP contribution in [-0.4, -0.2) is 62.5 Å². The van der Waals surface area contributed by atoms with Crippen LogP contribution in [0.15, 0.2) is 42.2 Å². The zero-order valence-electron chi connectivity index (χ0n) is 17.4. The van der Waals surface area contributed by atoms with Gasteiger partial charge in [-0.3, -0.25) is 4.79 Å². The maximum Gasteiger partial charge on any atom is 0.233 e. The predicted molar refractivity (Wildman–Crippen MR) is 120 cm³/mol. The Labute approximate surface area is 182 Å². The van der Waals surface area contributed by atoms with Crippen molar-refractivity contribution in [2.75, 3.05) is 36.8 Å². The molecule has 160 valence electrons. The van der Waals surface area contributed by atoms with Gasteiger partial charge < -0.3 is 14.4 Å². The molecule has 2 aromatic rings. The number of thioether (sulfide) groups is 1. The van der Waals surface area contributed by atoms with E-state index in [4.69, 9.17) is 0 Å². The number of carbonyl (C=O) groups excluding carboxylic acids is 1. The molecular formula is C22H30N6OS. The fourth-order valence-electron chi connectivity index (χ4n) is 4.31. The van der Waals surface area contributed by atoms with Crippen LogP contribution in [0.3, 0.4) is 0 Å². The average Bonchev–Trinajstić information content (AvgIpc) is 3.21. The van der Waals surface area contributed by atoms with Gasteiger partial charge in [0.2, 0.25) is 5.91 Å². The minimum absolute atomic E-state index is 0.160. The summed E-state index contributed by atoms with van der Waals surface area (Å²) >= 11 is 1.50. The zero-order valence-corrected chi connectivity index (χ0v) is 18.3. The van der Waals surface area contributed by atoms with Crippen LogP contribution in [0.25, 0.3) is 0 Å². The molecule has 7 nitrogen and oxygen atoms in total. The summed E-state index contributed by atoms with van der Waals surface area (Å²) in [5, 5.41) is 9.75. The molecule has 1 amide bonds. The number of hydrogen-bond acceptors (Lipinski definition) is 6. The van der Waals surface area contributed by atoms with E-state index in [1.165, 1.54) is 43.9 Å². The van der Waals surface area contributed by atoms with E-state index in [-0.39, 0.29) is 5.91 Å². The first-order valence-electron chi connectivity index (χ1n) is 10.9. The zero-order chi connectivity index (χ0) is 20.8. The van der Waals surface area contributed by atoms with E-state index in [1.807, 2.05) is 35.4 Å². The molecule has 8 heteroatoms. The number of anilines is 1. The highest BCUT2D eigenvalue weighted by atomic mass is 32.2. The number of carbonyl (C=O) groups is 1. The smallest absolute Gasteiger partial charge is 0.233 e. The molecule has 4 rings (SSSR count). The first-order chi connectivity index (χ1) is 14.8. The van der Waals surface area contributed by atoms with E-state index in [0.29, 0.717) is 18.2 Å². The van der Waals surface area contributed by atoms with Crippen molar-refractivity contribution >= 4 is 23.5 Å². The fraction of sp³-hybridized carbons (Fsp3) is 0.545. The third kappa shape index (κ3) is 4.86. The lowest BCUT2D eigenvalue weighted by Crippen LogP contribution is -2.49. The highest BCUT2D eigenvalue weighted by Gasteiger charge is 2.25. The number of nitrogens with zero attached hydrogens (tertiary/aromatic N) is 6. The Balaban J connectivity index is 1.32. The van der Waals surface area contributed by atoms with Crippen molar-refractivity contribution in [3.8, 4) is 0 Å². The predicted octanol–water partition coefficient (Wildman–Crippen LogP) is 3.35. The van der Waals surface area contributed by atoms with Gasteiger partial charge in [0, 0.05) is 44.8 Å². The van der Waals surface area contributed by atoms with Crippen molar-refractivity contribution < 1.29 is 4.79 Å². The molecule has 0 bridgehead atoms. The van der Waals surface area contributed by atoms with Gasteiger partial charge in [-0.05, 0) is 25.0 Å². The number of allylic oxidation sites excluding steroid dienone is 1. The third-order valence-electron chi connectivity index (χ3n) is 5.96. The first kappa shape index (κ1) is 20.9. The van der Waals surface area contributed by atoms with Gasteiger partial charge in [0.25, 0.3) is 0 Å². The summed E-state index contributed by atoms with van der Waals surface area (Å²) in [7, 11) is 0. The summed E-state index contributed by atoms with van der Waals surface area (Å²) in [6, 6.07) is 5.94. The summed E-state index contributed by atoms with van der Waals surface area (Å²) in [5.41, 5.74) is 0. The summed E-state index contributed by atoms with van der Waals surface area (Å²) in [5.74, 6) is 3.08. The van der Waals surface area contributed by atoms with Crippen LogP contribution in [0.2, 0.25) is 0 Å². The van der Waals surface area contributed by atoms with Crippen LogP contribution in [0.4, 0.5) is 5.82 Å². The van der Waals surface area contributed by atoms with E-state index in [2.05, 4.69) is 31.2 Å². The van der Waals surface area contributed by atoms with Crippen molar-refractivity contribution in [1.82, 2.24) is 24.6 Å². The number of aromatic nitrogens is 4. The van der Waals surface area contributed by atoms with E-state index < -0.39 is 0 Å². The highest BCUT2D eigenvalue weighted by molar-refractivity contribution is 7.99. The molecule has 0 unspecified atom stereocenters. The fourth-order valence-corrected chi connectivity index (χ4v) is 5.17. The molecule has 2 aromatic heterocycles. The van der Waals surface area contributed by atoms with Crippen molar-refractivity contribution in [3.63, 3.8) is 0 Å². The molecule has 0 radical (unpaired) electrons. The Morgan fingerprint density at radius 3 is 2.63 bits per heavy atom. The summed E-state index contributed by atoms with van der Waals surface area (Å²) in [6.07, 6.45) is 9.89. The monoisotopic (exact) mass is 426 g/mol. The normalized spacial score (nSPS) is 17.9. The molecule has 0 aromatic carbocycles. The highest BCUT2D eigenvalue weighted by Crippen LogP contribution is 2.33. The summed E-state index contributed by atoms with van der Waals surface area (Å²) in [6.45, 7) is 7.66. The molecule has 2 fully saturated rings. The molecule has 0 N–H and O–H groups in total. The number of hydrogen-bond donors (Lipinski definition) is 0. The Morgan fingerprint density at radius 2 is 1.93 bits per heavy atom. The van der Waals surface area contributed by atoms with E-state index in [1.54, 1.807) is 0 Å². The second-order valence-corrected chi connectivity index (χ2v) is 8.86. The Kier molecular flexibility index (Phi) is 7.04. The van der Waals surface area contributed by atoms with E-state index >= 15 is 0 Å². The second-order valence-electron chi connectivity index (χ2n) is 7.92. The molecule has 0 atom stereocenters. The van der Waals surface area contributed by atoms with Gasteiger partial charge in [0.1, 0.15) is 11.6 Å². The largest absolute Gasteiger partial charge is 0.353 e. The lowest BCUT2D eigenvalue weighted by atomic mass is 9.89. The van der Waals surface area contributed by atoms with Crippen LogP contribution in [0, 0.1) is 0 Å². The van der Waals surface area contributed by atoms with Crippen molar-refractivity contribution in [3.05, 3.63) is 42.9 Å². The van der Waals surface area contributed by atoms with E-state index in [9.17, 15) is 4.79 Å². The molecule has 0 spiro atoms. The maximum absolute atomic E-state index is 12.8. The van der Waals surface area contributed by atoms with Crippen LogP contribution < -0.4 is 4.90 Å². The molecule has 1 aliphatic heterocycles. The third-order valence-corrected chi connectivity index (χ3v) is 6.91. The van der Waals surface area contributed by atoms with E-state index in [0.717, 1.165) is 43.0 Å². The maximum atomic E-state index is 12.8. The molecule has 1 saturated carbocycles. The molecular weight excluding hydrogens is 396 g/mol. The Morgan fingerprint density at radius 1 is 1.13 bits per heavy atom. The lowest BCUT2D eigenvalue weighted by Gasteiger charge is -2.35. The first-order valence-corrected chi connectivity index (χ1v) is 11.9. The number of rotatable bonds is 7. The number of amides is 1. The average molecular weight is 427 g/mol. The van der Waals surface area contributed by atoms with Crippen LogP contribution >= 0.6 is 11.8 Å². The van der Waals surface area contributed by atoms with Crippen LogP contribution in [0.5, 0.6) is 0 Å². The van der Waals surface area contributed by atoms with Gasteiger partial charge in [-0.2, -0.15) is 0 Å². The van der Waals surface area contributed by atoms with Gasteiger partial charge in [-0.15, -0.1) is 16.8 Å². The molecule has 3 heterocycles. The SMILES string of the molecule is C=CCn1c(SCC(=O)N2CCN(c3ccccn3)CC2)nnc1C1CCCCC1.